The van der Waals surface area contributed by atoms with Crippen LogP contribution in [0, 0.1) is 17.8 Å². The summed E-state index contributed by atoms with van der Waals surface area (Å²) in [5.41, 5.74) is 5.44. The van der Waals surface area contributed by atoms with Gasteiger partial charge in [-0.3, -0.25) is 14.3 Å². The molecule has 7 atom stereocenters. The number of ether oxygens (including phenoxy) is 3. The van der Waals surface area contributed by atoms with E-state index in [1.54, 1.807) is 13.2 Å². The molecule has 9 nitrogen and oxygen atoms in total. The Balaban J connectivity index is 1.16. The van der Waals surface area contributed by atoms with Gasteiger partial charge < -0.3 is 19.1 Å². The summed E-state index contributed by atoms with van der Waals surface area (Å²) in [7, 11) is -1.77. The molecule has 8 rings (SSSR count). The van der Waals surface area contributed by atoms with E-state index in [2.05, 4.69) is 38.3 Å². The Kier molecular flexibility index (Phi) is 10.2. The Bertz CT molecular complexity index is 2060. The molecule has 3 aromatic rings. The van der Waals surface area contributed by atoms with E-state index in [1.807, 2.05) is 49.4 Å². The van der Waals surface area contributed by atoms with Crippen LogP contribution in [0.15, 0.2) is 77.2 Å². The highest BCUT2D eigenvalue weighted by Gasteiger charge is 2.44. The number of nitrogens with one attached hydrogen (secondary N) is 1. The Hall–Kier alpha value is -3.70. The first-order valence-electron chi connectivity index (χ1n) is 18.9. The number of carbonyl (C=O) groups excluding carboxylic acids is 2. The third-order valence-electron chi connectivity index (χ3n) is 12.0. The molecule has 1 N–H and O–H groups in total. The first-order chi connectivity index (χ1) is 25.6. The van der Waals surface area contributed by atoms with Crippen LogP contribution in [0.5, 0.6) is 5.75 Å². The zero-order valence-corrected chi connectivity index (χ0v) is 32.0. The smallest absolute Gasteiger partial charge is 0.286 e. The van der Waals surface area contributed by atoms with Gasteiger partial charge in [0.15, 0.2) is 0 Å². The fourth-order valence-electron chi connectivity index (χ4n) is 9.11. The summed E-state index contributed by atoms with van der Waals surface area (Å²) in [6.45, 7) is 4.25. The Morgan fingerprint density at radius 3 is 2.75 bits per heavy atom. The van der Waals surface area contributed by atoms with Crippen molar-refractivity contribution in [1.29, 1.82) is 0 Å². The number of carbonyl (C=O) groups is 2. The fourth-order valence-corrected chi connectivity index (χ4v) is 11.2. The number of anilines is 1. The van der Waals surface area contributed by atoms with Crippen LogP contribution in [0.25, 0.3) is 0 Å². The molecule has 53 heavy (non-hydrogen) atoms. The molecule has 1 fully saturated rings. The summed E-state index contributed by atoms with van der Waals surface area (Å²) in [6, 6.07) is 19.4. The summed E-state index contributed by atoms with van der Waals surface area (Å²) in [4.78, 5) is 30.2. The molecule has 3 heterocycles. The minimum absolute atomic E-state index is 0.00789. The van der Waals surface area contributed by atoms with Crippen LogP contribution < -0.4 is 14.4 Å². The average Bonchev–Trinajstić information content (AvgIpc) is 3.28. The summed E-state index contributed by atoms with van der Waals surface area (Å²) in [5, 5.41) is 0.741. The Labute approximate surface area is 317 Å². The van der Waals surface area contributed by atoms with Gasteiger partial charge in [0.05, 0.1) is 30.8 Å². The molecule has 1 saturated carbocycles. The molecule has 1 spiro atoms. The van der Waals surface area contributed by atoms with E-state index < -0.39 is 27.8 Å². The second-order valence-corrected chi connectivity index (χ2v) is 18.1. The Morgan fingerprint density at radius 1 is 1.09 bits per heavy atom. The maximum atomic E-state index is 14.7. The van der Waals surface area contributed by atoms with Gasteiger partial charge in [0, 0.05) is 42.6 Å². The monoisotopic (exact) mass is 757 g/mol. The van der Waals surface area contributed by atoms with Crippen LogP contribution in [0.1, 0.15) is 71.6 Å². The van der Waals surface area contributed by atoms with E-state index >= 15 is 0 Å². The van der Waals surface area contributed by atoms with Gasteiger partial charge in [0.1, 0.15) is 21.8 Å². The average molecular weight is 758 g/mol. The van der Waals surface area contributed by atoms with Crippen molar-refractivity contribution in [2.24, 2.45) is 22.1 Å². The van der Waals surface area contributed by atoms with Crippen molar-refractivity contribution in [3.8, 4) is 5.75 Å². The first-order valence-corrected chi connectivity index (χ1v) is 21.0. The number of fused-ring (bicyclic) bond motifs is 5. The van der Waals surface area contributed by atoms with Gasteiger partial charge in [-0.15, -0.1) is 4.36 Å². The topological polar surface area (TPSA) is 107 Å². The first kappa shape index (κ1) is 36.3. The molecule has 5 aliphatic rings. The highest BCUT2D eigenvalue weighted by Crippen LogP contribution is 2.47. The minimum Gasteiger partial charge on any atom is -0.490 e. The molecule has 2 aliphatic carbocycles. The van der Waals surface area contributed by atoms with Crippen LogP contribution in [0.4, 0.5) is 5.69 Å². The number of benzene rings is 3. The van der Waals surface area contributed by atoms with Gasteiger partial charge in [-0.1, -0.05) is 61.0 Å². The van der Waals surface area contributed by atoms with E-state index in [0.717, 1.165) is 67.0 Å². The van der Waals surface area contributed by atoms with Crippen molar-refractivity contribution in [2.45, 2.75) is 76.1 Å². The van der Waals surface area contributed by atoms with Crippen molar-refractivity contribution in [3.05, 3.63) is 106 Å². The zero-order valence-electron chi connectivity index (χ0n) is 30.4. The van der Waals surface area contributed by atoms with Crippen molar-refractivity contribution >= 4 is 39.0 Å². The van der Waals surface area contributed by atoms with Gasteiger partial charge in [0.25, 0.3) is 11.8 Å². The maximum absolute atomic E-state index is 14.7. The molecule has 3 aliphatic heterocycles. The Morgan fingerprint density at radius 2 is 1.94 bits per heavy atom. The largest absolute Gasteiger partial charge is 0.490 e. The number of nitrogens with zero attached hydrogens (tertiary/aromatic N) is 2. The maximum Gasteiger partial charge on any atom is 0.286 e. The molecular formula is C42H48ClN3O6S. The van der Waals surface area contributed by atoms with E-state index in [9.17, 15) is 13.8 Å². The van der Waals surface area contributed by atoms with Crippen molar-refractivity contribution < 1.29 is 28.0 Å². The number of amides is 2. The number of hydrogen-bond acceptors (Lipinski definition) is 7. The van der Waals surface area contributed by atoms with Crippen molar-refractivity contribution in [1.82, 2.24) is 4.72 Å². The number of aryl methyl sites for hydroxylation is 1. The molecule has 2 bridgehead atoms. The van der Waals surface area contributed by atoms with Crippen LogP contribution in [-0.2, 0) is 49.0 Å². The summed E-state index contributed by atoms with van der Waals surface area (Å²) < 4.78 is 40.4. The van der Waals surface area contributed by atoms with Gasteiger partial charge in [0.2, 0.25) is 0 Å². The normalized spacial score (nSPS) is 31.7. The van der Waals surface area contributed by atoms with Crippen LogP contribution in [0.3, 0.4) is 0 Å². The molecule has 1 unspecified atom stereocenters. The van der Waals surface area contributed by atoms with E-state index in [1.165, 1.54) is 11.1 Å². The number of hydrogen-bond donors (Lipinski definition) is 1. The molecule has 280 valence electrons. The SMILES string of the molecule is CO[C@H]1/C=C/C[C@H](C)CS(=O)(NC(=O)[C@H]2Cc3ccccc3CO2)=NC(=O)c2ccc3c(c2)N(C[C@@H]2CC[C@H]21)C[C@@]1(CCCc2cc(Cl)ccc21)CO3. The molecule has 0 aromatic heterocycles. The molecule has 0 radical (unpaired) electrons. The highest BCUT2D eigenvalue weighted by atomic mass is 35.5. The fraction of sp³-hybridized carbons (Fsp3) is 0.476. The third kappa shape index (κ3) is 7.40. The number of halogens is 1. The van der Waals surface area contributed by atoms with E-state index in [4.69, 9.17) is 25.8 Å². The minimum atomic E-state index is -3.54. The van der Waals surface area contributed by atoms with Crippen LogP contribution in [0.2, 0.25) is 5.02 Å². The lowest BCUT2D eigenvalue weighted by molar-refractivity contribution is -0.132. The lowest BCUT2D eigenvalue weighted by Gasteiger charge is -2.46. The summed E-state index contributed by atoms with van der Waals surface area (Å²) in [6.07, 6.45) is 9.41. The molecule has 2 amide bonds. The molecule has 0 saturated heterocycles. The van der Waals surface area contributed by atoms with Gasteiger partial charge in [-0.05, 0) is 109 Å². The standard InChI is InChI=1S/C42H48ClN3O6S/c1-27-7-5-11-37(50-2)34-15-12-31(34)22-46-25-42(18-6-10-29-19-33(43)14-16-35(29)42)26-52-38-17-13-30(20-36(38)46)40(47)44-53(49,24-27)45-41(48)39-21-28-8-3-4-9-32(28)23-51-39/h3-5,8-9,11,13-14,16-17,19-20,27,31,34,37,39H,6-7,10,12,15,18,21-26H2,1-2H3,(H,44,45,47,48,49)/b11-5+/t27-,31-,34+,37-,39+,42-,53?/m0/s1. The second kappa shape index (κ2) is 14.9. The third-order valence-corrected chi connectivity index (χ3v) is 14.3. The summed E-state index contributed by atoms with van der Waals surface area (Å²) >= 11 is 6.47. The molecule has 11 heteroatoms. The lowest BCUT2D eigenvalue weighted by atomic mass is 9.68. The number of rotatable bonds is 3. The molecular weight excluding hydrogens is 710 g/mol. The van der Waals surface area contributed by atoms with Gasteiger partial charge >= 0.3 is 0 Å². The zero-order chi connectivity index (χ0) is 36.7. The van der Waals surface area contributed by atoms with Crippen LogP contribution >= 0.6 is 11.6 Å². The highest BCUT2D eigenvalue weighted by molar-refractivity contribution is 7.92. The lowest BCUT2D eigenvalue weighted by Crippen LogP contribution is -2.49. The van der Waals surface area contributed by atoms with Crippen molar-refractivity contribution in [2.75, 3.05) is 37.5 Å². The van der Waals surface area contributed by atoms with Gasteiger partial charge in [-0.2, -0.15) is 0 Å². The summed E-state index contributed by atoms with van der Waals surface area (Å²) in [5.74, 6) is 0.120. The predicted octanol–water partition coefficient (Wildman–Crippen LogP) is 7.23. The van der Waals surface area contributed by atoms with Gasteiger partial charge in [-0.25, -0.2) is 4.21 Å². The quantitative estimate of drug-likeness (QED) is 0.281. The second-order valence-electron chi connectivity index (χ2n) is 15.7. The predicted molar refractivity (Wildman–Crippen MR) is 207 cm³/mol. The van der Waals surface area contributed by atoms with Crippen LogP contribution in [-0.4, -0.2) is 60.8 Å². The van der Waals surface area contributed by atoms with Crippen molar-refractivity contribution in [3.63, 3.8) is 0 Å². The van der Waals surface area contributed by atoms with E-state index in [0.29, 0.717) is 42.6 Å². The number of methoxy groups -OCH3 is 1. The van der Waals surface area contributed by atoms with E-state index in [-0.39, 0.29) is 29.8 Å². The molecule has 3 aromatic carbocycles. The number of allylic oxidation sites excluding steroid dienone is 1.